The Hall–Kier alpha value is -1.69. The maximum atomic E-state index is 10.8. The van der Waals surface area contributed by atoms with Gasteiger partial charge in [0.15, 0.2) is 0 Å². The molecule has 1 saturated carbocycles. The van der Waals surface area contributed by atoms with Crippen molar-refractivity contribution >= 4 is 11.5 Å². The van der Waals surface area contributed by atoms with Gasteiger partial charge in [0.2, 0.25) is 0 Å². The van der Waals surface area contributed by atoms with Gasteiger partial charge < -0.3 is 10.2 Å². The van der Waals surface area contributed by atoms with Gasteiger partial charge in [0.05, 0.1) is 4.92 Å². The van der Waals surface area contributed by atoms with Crippen LogP contribution in [0.4, 0.5) is 11.5 Å². The van der Waals surface area contributed by atoms with E-state index in [1.165, 1.54) is 31.9 Å². The molecule has 114 valence electrons. The maximum absolute atomic E-state index is 10.8. The van der Waals surface area contributed by atoms with Gasteiger partial charge in [-0.2, -0.15) is 0 Å². The zero-order chi connectivity index (χ0) is 14.8. The summed E-state index contributed by atoms with van der Waals surface area (Å²) < 4.78 is 0. The first-order chi connectivity index (χ1) is 10.1. The number of nitro groups is 1. The van der Waals surface area contributed by atoms with Crippen LogP contribution < -0.4 is 10.2 Å². The smallest absolute Gasteiger partial charge is 0.287 e. The topological polar surface area (TPSA) is 71.3 Å². The zero-order valence-electron chi connectivity index (χ0n) is 12.4. The average Bonchev–Trinajstić information content (AvgIpc) is 3.31. The third-order valence-corrected chi connectivity index (χ3v) is 4.36. The summed E-state index contributed by atoms with van der Waals surface area (Å²) >= 11 is 0. The van der Waals surface area contributed by atoms with Crippen molar-refractivity contribution < 1.29 is 4.92 Å². The molecule has 21 heavy (non-hydrogen) atoms. The third-order valence-electron chi connectivity index (χ3n) is 4.36. The van der Waals surface area contributed by atoms with Crippen LogP contribution in [-0.2, 0) is 0 Å². The lowest BCUT2D eigenvalue weighted by molar-refractivity contribution is -0.385. The summed E-state index contributed by atoms with van der Waals surface area (Å²) in [6.45, 7) is 5.11. The molecule has 1 N–H and O–H groups in total. The molecule has 2 aliphatic rings. The van der Waals surface area contributed by atoms with Crippen molar-refractivity contribution in [1.29, 1.82) is 0 Å². The summed E-state index contributed by atoms with van der Waals surface area (Å²) in [6.07, 6.45) is 6.28. The van der Waals surface area contributed by atoms with Gasteiger partial charge in [0.25, 0.3) is 5.69 Å². The molecule has 3 rings (SSSR count). The minimum atomic E-state index is -0.379. The number of hydrogen-bond acceptors (Lipinski definition) is 5. The highest BCUT2D eigenvalue weighted by Crippen LogP contribution is 2.34. The average molecular weight is 290 g/mol. The number of aromatic nitrogens is 1. The van der Waals surface area contributed by atoms with Gasteiger partial charge in [-0.25, -0.2) is 4.98 Å². The molecule has 0 amide bonds. The fourth-order valence-electron chi connectivity index (χ4n) is 3.11. The second-order valence-electron chi connectivity index (χ2n) is 6.19. The molecule has 2 heterocycles. The van der Waals surface area contributed by atoms with Crippen LogP contribution >= 0.6 is 0 Å². The molecule has 1 aromatic rings. The number of anilines is 1. The molecule has 0 bridgehead atoms. The van der Waals surface area contributed by atoms with Crippen LogP contribution in [0.3, 0.4) is 0 Å². The number of nitrogens with one attached hydrogen (secondary N) is 1. The van der Waals surface area contributed by atoms with E-state index in [1.807, 2.05) is 6.92 Å². The van der Waals surface area contributed by atoms with Gasteiger partial charge in [0, 0.05) is 18.7 Å². The van der Waals surface area contributed by atoms with Gasteiger partial charge in [-0.15, -0.1) is 0 Å². The van der Waals surface area contributed by atoms with Crippen molar-refractivity contribution in [2.75, 3.05) is 24.5 Å². The van der Waals surface area contributed by atoms with Gasteiger partial charge in [-0.3, -0.25) is 10.1 Å². The lowest BCUT2D eigenvalue weighted by atomic mass is 9.99. The van der Waals surface area contributed by atoms with E-state index in [4.69, 9.17) is 0 Å². The Bertz CT molecular complexity index is 524. The minimum Gasteiger partial charge on any atom is -0.353 e. The quantitative estimate of drug-likeness (QED) is 0.665. The predicted octanol–water partition coefficient (Wildman–Crippen LogP) is 2.27. The first kappa shape index (κ1) is 14.3. The fourth-order valence-corrected chi connectivity index (χ4v) is 3.11. The summed E-state index contributed by atoms with van der Waals surface area (Å²) in [4.78, 5) is 17.2. The van der Waals surface area contributed by atoms with Crippen LogP contribution in [0.2, 0.25) is 0 Å². The second-order valence-corrected chi connectivity index (χ2v) is 6.19. The number of nitrogens with zero attached hydrogens (tertiary/aromatic N) is 3. The fraction of sp³-hybridized carbons (Fsp3) is 0.667. The van der Waals surface area contributed by atoms with E-state index < -0.39 is 0 Å². The highest BCUT2D eigenvalue weighted by atomic mass is 16.6. The normalized spacial score (nSPS) is 22.0. The van der Waals surface area contributed by atoms with Crippen molar-refractivity contribution in [1.82, 2.24) is 10.3 Å². The molecule has 1 atom stereocenters. The highest BCUT2D eigenvalue weighted by Gasteiger charge is 2.33. The molecule has 0 radical (unpaired) electrons. The van der Waals surface area contributed by atoms with Gasteiger partial charge >= 0.3 is 0 Å². The molecule has 1 unspecified atom stereocenters. The molecule has 1 aliphatic heterocycles. The van der Waals surface area contributed by atoms with E-state index in [0.717, 1.165) is 31.0 Å². The first-order valence-corrected chi connectivity index (χ1v) is 7.73. The Morgan fingerprint density at radius 2 is 2.29 bits per heavy atom. The van der Waals surface area contributed by atoms with Crippen LogP contribution in [0.1, 0.15) is 31.2 Å². The van der Waals surface area contributed by atoms with Gasteiger partial charge in [-0.05, 0) is 57.2 Å². The molecule has 0 aromatic carbocycles. The Kier molecular flexibility index (Phi) is 4.05. The molecule has 1 aliphatic carbocycles. The number of rotatable bonds is 5. The van der Waals surface area contributed by atoms with Crippen LogP contribution in [0, 0.1) is 23.0 Å². The van der Waals surface area contributed by atoms with Crippen molar-refractivity contribution in [3.05, 3.63) is 27.9 Å². The SMILES string of the molecule is Cc1cc([N+](=O)[O-])cnc1N(CC1CCCNC1)C1CC1. The van der Waals surface area contributed by atoms with Crippen molar-refractivity contribution in [3.8, 4) is 0 Å². The predicted molar refractivity (Wildman–Crippen MR) is 81.6 cm³/mol. The molecule has 0 spiro atoms. The summed E-state index contributed by atoms with van der Waals surface area (Å²) in [7, 11) is 0. The summed E-state index contributed by atoms with van der Waals surface area (Å²) in [5, 5.41) is 14.3. The van der Waals surface area contributed by atoms with Crippen LogP contribution in [0.15, 0.2) is 12.3 Å². The van der Waals surface area contributed by atoms with Crippen molar-refractivity contribution in [3.63, 3.8) is 0 Å². The van der Waals surface area contributed by atoms with Crippen molar-refractivity contribution in [2.24, 2.45) is 5.92 Å². The van der Waals surface area contributed by atoms with E-state index in [-0.39, 0.29) is 10.6 Å². The van der Waals surface area contributed by atoms with E-state index in [9.17, 15) is 10.1 Å². The highest BCUT2D eigenvalue weighted by molar-refractivity contribution is 5.52. The van der Waals surface area contributed by atoms with E-state index in [2.05, 4.69) is 15.2 Å². The summed E-state index contributed by atoms with van der Waals surface area (Å²) in [6, 6.07) is 2.20. The molecular weight excluding hydrogens is 268 g/mol. The molecule has 1 saturated heterocycles. The standard InChI is InChI=1S/C15H22N4O2/c1-11-7-14(19(20)21)9-17-15(11)18(13-4-5-13)10-12-3-2-6-16-8-12/h7,9,12-13,16H,2-6,8,10H2,1H3. The zero-order valence-corrected chi connectivity index (χ0v) is 12.4. The Labute approximate surface area is 124 Å². The van der Waals surface area contributed by atoms with Crippen molar-refractivity contribution in [2.45, 2.75) is 38.6 Å². The van der Waals surface area contributed by atoms with E-state index in [0.29, 0.717) is 12.0 Å². The van der Waals surface area contributed by atoms with Crippen LogP contribution in [0.25, 0.3) is 0 Å². The summed E-state index contributed by atoms with van der Waals surface area (Å²) in [5.41, 5.74) is 0.978. The molecular formula is C15H22N4O2. The largest absolute Gasteiger partial charge is 0.353 e. The lowest BCUT2D eigenvalue weighted by Gasteiger charge is -2.31. The Morgan fingerprint density at radius 1 is 1.48 bits per heavy atom. The number of pyridine rings is 1. The molecule has 6 nitrogen and oxygen atoms in total. The monoisotopic (exact) mass is 290 g/mol. The molecule has 1 aromatic heterocycles. The Morgan fingerprint density at radius 3 is 2.86 bits per heavy atom. The van der Waals surface area contributed by atoms with Crippen LogP contribution in [-0.4, -0.2) is 35.6 Å². The summed E-state index contributed by atoms with van der Waals surface area (Å²) in [5.74, 6) is 1.57. The van der Waals surface area contributed by atoms with Crippen LogP contribution in [0.5, 0.6) is 0 Å². The molecule has 2 fully saturated rings. The minimum absolute atomic E-state index is 0.0753. The first-order valence-electron chi connectivity index (χ1n) is 7.73. The number of piperidine rings is 1. The lowest BCUT2D eigenvalue weighted by Crippen LogP contribution is -2.40. The van der Waals surface area contributed by atoms with E-state index >= 15 is 0 Å². The van der Waals surface area contributed by atoms with Gasteiger partial charge in [-0.1, -0.05) is 0 Å². The number of hydrogen-bond donors (Lipinski definition) is 1. The Balaban J connectivity index is 1.78. The second kappa shape index (κ2) is 5.97. The third kappa shape index (κ3) is 3.32. The van der Waals surface area contributed by atoms with E-state index in [1.54, 1.807) is 6.07 Å². The number of aryl methyl sites for hydroxylation is 1. The van der Waals surface area contributed by atoms with Gasteiger partial charge in [0.1, 0.15) is 12.0 Å². The molecule has 6 heteroatoms. The maximum Gasteiger partial charge on any atom is 0.287 e.